The Morgan fingerprint density at radius 2 is 2.18 bits per heavy atom. The van der Waals surface area contributed by atoms with Crippen LogP contribution in [0, 0.1) is 6.92 Å². The third-order valence-electron chi connectivity index (χ3n) is 2.22. The molecule has 0 bridgehead atoms. The van der Waals surface area contributed by atoms with Gasteiger partial charge >= 0.3 is 0 Å². The number of carbonyl (C=O) groups is 1. The third-order valence-corrected chi connectivity index (χ3v) is 2.22. The van der Waals surface area contributed by atoms with E-state index in [-0.39, 0.29) is 11.3 Å². The summed E-state index contributed by atoms with van der Waals surface area (Å²) in [5.74, 6) is -0.578. The number of amides is 1. The summed E-state index contributed by atoms with van der Waals surface area (Å²) in [5, 5.41) is 11.0. The quantitative estimate of drug-likeness (QED) is 0.690. The summed E-state index contributed by atoms with van der Waals surface area (Å²) in [6, 6.07) is 4.85. The number of hydrogen-bond donors (Lipinski definition) is 3. The second kappa shape index (κ2) is 5.58. The van der Waals surface area contributed by atoms with Crippen LogP contribution >= 0.6 is 0 Å². The molecule has 0 aliphatic carbocycles. The number of aryl methyl sites for hydroxylation is 1. The predicted molar refractivity (Wildman–Crippen MR) is 59.9 cm³/mol. The van der Waals surface area contributed by atoms with E-state index in [0.717, 1.165) is 5.56 Å². The SMILES string of the molecule is Cc1ccc(N)c(C(=O)NCC(O)C(F)F)c1. The Labute approximate surface area is 97.4 Å². The predicted octanol–water partition coefficient (Wildman–Crippen LogP) is 0.933. The van der Waals surface area contributed by atoms with Crippen molar-refractivity contribution in [1.82, 2.24) is 5.32 Å². The largest absolute Gasteiger partial charge is 0.398 e. The first kappa shape index (κ1) is 13.4. The highest BCUT2D eigenvalue weighted by Gasteiger charge is 2.18. The van der Waals surface area contributed by atoms with Crippen molar-refractivity contribution >= 4 is 11.6 Å². The highest BCUT2D eigenvalue weighted by molar-refractivity contribution is 5.99. The molecular formula is C11H14F2N2O2. The van der Waals surface area contributed by atoms with E-state index in [1.54, 1.807) is 25.1 Å². The van der Waals surface area contributed by atoms with E-state index in [9.17, 15) is 13.6 Å². The number of anilines is 1. The molecule has 17 heavy (non-hydrogen) atoms. The van der Waals surface area contributed by atoms with Crippen molar-refractivity contribution in [3.05, 3.63) is 29.3 Å². The van der Waals surface area contributed by atoms with E-state index in [1.165, 1.54) is 0 Å². The molecule has 1 aromatic carbocycles. The maximum atomic E-state index is 12.0. The first-order valence-corrected chi connectivity index (χ1v) is 5.02. The number of hydrogen-bond acceptors (Lipinski definition) is 3. The van der Waals surface area contributed by atoms with E-state index < -0.39 is 25.0 Å². The average molecular weight is 244 g/mol. The summed E-state index contributed by atoms with van der Waals surface area (Å²) in [4.78, 5) is 11.6. The number of aliphatic hydroxyl groups excluding tert-OH is 1. The lowest BCUT2D eigenvalue weighted by molar-refractivity contribution is -0.00269. The van der Waals surface area contributed by atoms with Gasteiger partial charge in [0.2, 0.25) is 0 Å². The van der Waals surface area contributed by atoms with Crippen LogP contribution in [0.2, 0.25) is 0 Å². The fraction of sp³-hybridized carbons (Fsp3) is 0.364. The second-order valence-electron chi connectivity index (χ2n) is 3.70. The van der Waals surface area contributed by atoms with Crippen LogP contribution in [0.1, 0.15) is 15.9 Å². The van der Waals surface area contributed by atoms with Crippen molar-refractivity contribution in [2.24, 2.45) is 0 Å². The highest BCUT2D eigenvalue weighted by Crippen LogP contribution is 2.13. The van der Waals surface area contributed by atoms with Crippen LogP contribution in [0.15, 0.2) is 18.2 Å². The van der Waals surface area contributed by atoms with Gasteiger partial charge in [-0.2, -0.15) is 0 Å². The topological polar surface area (TPSA) is 75.4 Å². The zero-order valence-corrected chi connectivity index (χ0v) is 9.28. The molecule has 1 aromatic rings. The van der Waals surface area contributed by atoms with Crippen LogP contribution in [0.3, 0.4) is 0 Å². The van der Waals surface area contributed by atoms with E-state index in [0.29, 0.717) is 0 Å². The number of nitrogen functional groups attached to an aromatic ring is 1. The Morgan fingerprint density at radius 1 is 1.53 bits per heavy atom. The lowest BCUT2D eigenvalue weighted by atomic mass is 10.1. The number of aliphatic hydroxyl groups is 1. The van der Waals surface area contributed by atoms with Crippen LogP contribution in [0.5, 0.6) is 0 Å². The Bertz CT molecular complexity index is 410. The summed E-state index contributed by atoms with van der Waals surface area (Å²) in [5.41, 5.74) is 6.90. The minimum absolute atomic E-state index is 0.214. The molecule has 94 valence electrons. The monoisotopic (exact) mass is 244 g/mol. The minimum atomic E-state index is -2.88. The molecule has 4 nitrogen and oxygen atoms in total. The molecule has 1 atom stereocenters. The number of nitrogens with one attached hydrogen (secondary N) is 1. The maximum absolute atomic E-state index is 12.0. The van der Waals surface area contributed by atoms with Crippen LogP contribution < -0.4 is 11.1 Å². The molecule has 1 unspecified atom stereocenters. The van der Waals surface area contributed by atoms with Gasteiger partial charge in [0.1, 0.15) is 6.10 Å². The smallest absolute Gasteiger partial charge is 0.265 e. The number of rotatable bonds is 4. The van der Waals surface area contributed by atoms with Gasteiger partial charge in [0.25, 0.3) is 12.3 Å². The average Bonchev–Trinajstić information content (AvgIpc) is 2.28. The van der Waals surface area contributed by atoms with Crippen LogP contribution in [-0.4, -0.2) is 30.1 Å². The molecule has 6 heteroatoms. The van der Waals surface area contributed by atoms with Gasteiger partial charge in [-0.05, 0) is 19.1 Å². The van der Waals surface area contributed by atoms with Gasteiger partial charge in [-0.25, -0.2) is 8.78 Å². The molecule has 0 radical (unpaired) electrons. The van der Waals surface area contributed by atoms with Gasteiger partial charge in [-0.1, -0.05) is 11.6 Å². The van der Waals surface area contributed by atoms with Crippen molar-refractivity contribution in [2.45, 2.75) is 19.5 Å². The van der Waals surface area contributed by atoms with Crippen molar-refractivity contribution in [3.8, 4) is 0 Å². The molecule has 1 amide bonds. The number of nitrogens with two attached hydrogens (primary N) is 1. The number of alkyl halides is 2. The van der Waals surface area contributed by atoms with E-state index in [1.807, 2.05) is 0 Å². The molecule has 1 rings (SSSR count). The van der Waals surface area contributed by atoms with Gasteiger partial charge in [0.15, 0.2) is 0 Å². The number of halogens is 2. The van der Waals surface area contributed by atoms with Gasteiger partial charge < -0.3 is 16.2 Å². The lowest BCUT2D eigenvalue weighted by Gasteiger charge is -2.12. The molecule has 0 saturated carbocycles. The van der Waals surface area contributed by atoms with Gasteiger partial charge in [-0.15, -0.1) is 0 Å². The van der Waals surface area contributed by atoms with Crippen molar-refractivity contribution in [1.29, 1.82) is 0 Å². The summed E-state index contributed by atoms with van der Waals surface area (Å²) >= 11 is 0. The molecule has 0 aliphatic rings. The van der Waals surface area contributed by atoms with Crippen LogP contribution in [0.4, 0.5) is 14.5 Å². The van der Waals surface area contributed by atoms with E-state index in [4.69, 9.17) is 10.8 Å². The zero-order valence-electron chi connectivity index (χ0n) is 9.28. The maximum Gasteiger partial charge on any atom is 0.265 e. The molecule has 0 heterocycles. The van der Waals surface area contributed by atoms with Crippen molar-refractivity contribution in [2.75, 3.05) is 12.3 Å². The fourth-order valence-electron chi connectivity index (χ4n) is 1.25. The molecule has 0 fully saturated rings. The van der Waals surface area contributed by atoms with Gasteiger partial charge in [0.05, 0.1) is 5.56 Å². The zero-order chi connectivity index (χ0) is 13.0. The number of carbonyl (C=O) groups excluding carboxylic acids is 1. The first-order valence-electron chi connectivity index (χ1n) is 5.02. The number of benzene rings is 1. The molecule has 4 N–H and O–H groups in total. The Balaban J connectivity index is 2.67. The summed E-state index contributed by atoms with van der Waals surface area (Å²) < 4.78 is 24.0. The Morgan fingerprint density at radius 3 is 2.76 bits per heavy atom. The Kier molecular flexibility index (Phi) is 4.39. The standard InChI is InChI=1S/C11H14F2N2O2/c1-6-2-3-8(14)7(4-6)11(17)15-5-9(16)10(12)13/h2-4,9-10,16H,5,14H2,1H3,(H,15,17). The minimum Gasteiger partial charge on any atom is -0.398 e. The van der Waals surface area contributed by atoms with Gasteiger partial charge in [0, 0.05) is 12.2 Å². The highest BCUT2D eigenvalue weighted by atomic mass is 19.3. The summed E-state index contributed by atoms with van der Waals surface area (Å²) in [6.45, 7) is 1.27. The molecule has 0 aliphatic heterocycles. The molecule has 0 aromatic heterocycles. The van der Waals surface area contributed by atoms with E-state index in [2.05, 4.69) is 5.32 Å². The molecular weight excluding hydrogens is 230 g/mol. The van der Waals surface area contributed by atoms with E-state index >= 15 is 0 Å². The molecule has 0 saturated heterocycles. The Hall–Kier alpha value is -1.69. The fourth-order valence-corrected chi connectivity index (χ4v) is 1.25. The van der Waals surface area contributed by atoms with Crippen LogP contribution in [0.25, 0.3) is 0 Å². The van der Waals surface area contributed by atoms with Crippen molar-refractivity contribution in [3.63, 3.8) is 0 Å². The van der Waals surface area contributed by atoms with Crippen LogP contribution in [-0.2, 0) is 0 Å². The summed E-state index contributed by atoms with van der Waals surface area (Å²) in [7, 11) is 0. The normalized spacial score (nSPS) is 12.5. The van der Waals surface area contributed by atoms with Crippen molar-refractivity contribution < 1.29 is 18.7 Å². The molecule has 0 spiro atoms. The second-order valence-corrected chi connectivity index (χ2v) is 3.70. The lowest BCUT2D eigenvalue weighted by Crippen LogP contribution is -2.36. The third kappa shape index (κ3) is 3.67. The summed E-state index contributed by atoms with van der Waals surface area (Å²) in [6.07, 6.45) is -4.75. The first-order chi connectivity index (χ1) is 7.91. The van der Waals surface area contributed by atoms with Gasteiger partial charge in [-0.3, -0.25) is 4.79 Å².